The zero-order chi connectivity index (χ0) is 14.0. The predicted molar refractivity (Wildman–Crippen MR) is 69.6 cm³/mol. The minimum atomic E-state index is -3.67. The average molecular weight is 287 g/mol. The van der Waals surface area contributed by atoms with Gasteiger partial charge < -0.3 is 5.11 Å². The summed E-state index contributed by atoms with van der Waals surface area (Å²) in [6, 6.07) is 4.84. The van der Waals surface area contributed by atoms with Gasteiger partial charge in [0.1, 0.15) is 5.82 Å². The molecule has 106 valence electrons. The van der Waals surface area contributed by atoms with Crippen LogP contribution in [-0.2, 0) is 10.0 Å². The van der Waals surface area contributed by atoms with Gasteiger partial charge in [0, 0.05) is 12.6 Å². The molecule has 2 rings (SSSR count). The van der Waals surface area contributed by atoms with E-state index < -0.39 is 21.9 Å². The maximum Gasteiger partial charge on any atom is 0.243 e. The molecule has 0 radical (unpaired) electrons. The van der Waals surface area contributed by atoms with E-state index in [-0.39, 0.29) is 10.9 Å². The highest BCUT2D eigenvalue weighted by atomic mass is 32.2. The summed E-state index contributed by atoms with van der Waals surface area (Å²) in [5.41, 5.74) is 0. The van der Waals surface area contributed by atoms with E-state index in [1.165, 1.54) is 22.5 Å². The molecule has 1 aromatic rings. The SMILES string of the molecule is CC(O)CC1CCCN1S(=O)(=O)c1cccc(F)c1. The third kappa shape index (κ3) is 3.13. The molecule has 1 aromatic carbocycles. The third-order valence-corrected chi connectivity index (χ3v) is 5.29. The number of rotatable bonds is 4. The molecular formula is C13H18FNO3S. The first-order valence-electron chi connectivity index (χ1n) is 6.37. The molecule has 1 aliphatic heterocycles. The van der Waals surface area contributed by atoms with Crippen LogP contribution in [0.25, 0.3) is 0 Å². The minimum Gasteiger partial charge on any atom is -0.393 e. The van der Waals surface area contributed by atoms with Crippen molar-refractivity contribution in [1.29, 1.82) is 0 Å². The van der Waals surface area contributed by atoms with E-state index in [0.717, 1.165) is 18.9 Å². The number of halogens is 1. The fraction of sp³-hybridized carbons (Fsp3) is 0.538. The van der Waals surface area contributed by atoms with E-state index in [0.29, 0.717) is 13.0 Å². The molecule has 4 nitrogen and oxygen atoms in total. The number of benzene rings is 1. The molecule has 2 unspecified atom stereocenters. The lowest BCUT2D eigenvalue weighted by molar-refractivity contribution is 0.158. The van der Waals surface area contributed by atoms with Gasteiger partial charge in [0.15, 0.2) is 0 Å². The monoisotopic (exact) mass is 287 g/mol. The van der Waals surface area contributed by atoms with Crippen LogP contribution >= 0.6 is 0 Å². The smallest absolute Gasteiger partial charge is 0.243 e. The van der Waals surface area contributed by atoms with Gasteiger partial charge in [-0.05, 0) is 44.4 Å². The van der Waals surface area contributed by atoms with Crippen LogP contribution in [0.2, 0.25) is 0 Å². The maximum absolute atomic E-state index is 13.2. The highest BCUT2D eigenvalue weighted by Gasteiger charge is 2.35. The highest BCUT2D eigenvalue weighted by Crippen LogP contribution is 2.28. The fourth-order valence-corrected chi connectivity index (χ4v) is 4.25. The summed E-state index contributed by atoms with van der Waals surface area (Å²) in [6.45, 7) is 2.07. The molecule has 1 heterocycles. The van der Waals surface area contributed by atoms with E-state index in [9.17, 15) is 17.9 Å². The molecule has 0 aromatic heterocycles. The number of hydrogen-bond acceptors (Lipinski definition) is 3. The van der Waals surface area contributed by atoms with Crippen LogP contribution in [-0.4, -0.2) is 36.5 Å². The van der Waals surface area contributed by atoms with E-state index in [2.05, 4.69) is 0 Å². The topological polar surface area (TPSA) is 57.6 Å². The summed E-state index contributed by atoms with van der Waals surface area (Å²) >= 11 is 0. The standard InChI is InChI=1S/C13H18FNO3S/c1-10(16)8-12-5-3-7-15(12)19(17,18)13-6-2-4-11(14)9-13/h2,4,6,9-10,12,16H,3,5,7-8H2,1H3. The van der Waals surface area contributed by atoms with E-state index >= 15 is 0 Å². The molecule has 6 heteroatoms. The van der Waals surface area contributed by atoms with Crippen molar-refractivity contribution in [3.05, 3.63) is 30.1 Å². The van der Waals surface area contributed by atoms with Crippen molar-refractivity contribution in [1.82, 2.24) is 4.31 Å². The van der Waals surface area contributed by atoms with E-state index in [1.807, 2.05) is 0 Å². The van der Waals surface area contributed by atoms with Crippen LogP contribution in [0.3, 0.4) is 0 Å². The molecule has 1 aliphatic rings. The summed E-state index contributed by atoms with van der Waals surface area (Å²) in [7, 11) is -3.67. The Kier molecular flexibility index (Phi) is 4.23. The number of sulfonamides is 1. The summed E-state index contributed by atoms with van der Waals surface area (Å²) in [6.07, 6.45) is 1.37. The van der Waals surface area contributed by atoms with Gasteiger partial charge in [0.25, 0.3) is 0 Å². The Morgan fingerprint density at radius 3 is 2.89 bits per heavy atom. The summed E-state index contributed by atoms with van der Waals surface area (Å²) < 4.78 is 39.5. The molecule has 1 N–H and O–H groups in total. The second kappa shape index (κ2) is 5.56. The van der Waals surface area contributed by atoms with Crippen LogP contribution < -0.4 is 0 Å². The summed E-state index contributed by atoms with van der Waals surface area (Å²) in [5.74, 6) is -0.563. The normalized spacial score (nSPS) is 22.6. The zero-order valence-electron chi connectivity index (χ0n) is 10.8. The van der Waals surface area contributed by atoms with Gasteiger partial charge in [-0.3, -0.25) is 0 Å². The van der Waals surface area contributed by atoms with E-state index in [1.54, 1.807) is 6.92 Å². The molecule has 0 saturated carbocycles. The Labute approximate surface area is 112 Å². The molecular weight excluding hydrogens is 269 g/mol. The predicted octanol–water partition coefficient (Wildman–Crippen LogP) is 1.75. The Bertz CT molecular complexity index is 545. The van der Waals surface area contributed by atoms with Crippen molar-refractivity contribution < 1.29 is 17.9 Å². The molecule has 1 fully saturated rings. The van der Waals surface area contributed by atoms with E-state index in [4.69, 9.17) is 0 Å². The quantitative estimate of drug-likeness (QED) is 0.918. The Morgan fingerprint density at radius 1 is 1.53 bits per heavy atom. The first-order chi connectivity index (χ1) is 8.91. The van der Waals surface area contributed by atoms with Crippen LogP contribution in [0.4, 0.5) is 4.39 Å². The second-order valence-corrected chi connectivity index (χ2v) is 6.84. The molecule has 1 saturated heterocycles. The van der Waals surface area contributed by atoms with Gasteiger partial charge in [-0.2, -0.15) is 4.31 Å². The fourth-order valence-electron chi connectivity index (χ4n) is 2.52. The molecule has 0 spiro atoms. The van der Waals surface area contributed by atoms with Gasteiger partial charge in [-0.25, -0.2) is 12.8 Å². The third-order valence-electron chi connectivity index (χ3n) is 3.34. The lowest BCUT2D eigenvalue weighted by atomic mass is 10.1. The van der Waals surface area contributed by atoms with Crippen LogP contribution in [0.1, 0.15) is 26.2 Å². The number of nitrogens with zero attached hydrogens (tertiary/aromatic N) is 1. The lowest BCUT2D eigenvalue weighted by Crippen LogP contribution is -2.37. The molecule has 0 amide bonds. The largest absolute Gasteiger partial charge is 0.393 e. The van der Waals surface area contributed by atoms with Crippen LogP contribution in [0, 0.1) is 5.82 Å². The molecule has 0 bridgehead atoms. The van der Waals surface area contributed by atoms with Gasteiger partial charge in [0.2, 0.25) is 10.0 Å². The molecule has 0 aliphatic carbocycles. The molecule has 2 atom stereocenters. The van der Waals surface area contributed by atoms with Crippen molar-refractivity contribution in [2.24, 2.45) is 0 Å². The number of hydrogen-bond donors (Lipinski definition) is 1. The Balaban J connectivity index is 2.28. The van der Waals surface area contributed by atoms with Gasteiger partial charge >= 0.3 is 0 Å². The minimum absolute atomic E-state index is 0.0232. The lowest BCUT2D eigenvalue weighted by Gasteiger charge is -2.25. The Hall–Kier alpha value is -0.980. The van der Waals surface area contributed by atoms with Crippen molar-refractivity contribution >= 4 is 10.0 Å². The van der Waals surface area contributed by atoms with Crippen molar-refractivity contribution in [2.45, 2.75) is 43.2 Å². The van der Waals surface area contributed by atoms with Gasteiger partial charge in [0.05, 0.1) is 11.0 Å². The van der Waals surface area contributed by atoms with Crippen LogP contribution in [0.5, 0.6) is 0 Å². The summed E-state index contributed by atoms with van der Waals surface area (Å²) in [5, 5.41) is 9.43. The second-order valence-electron chi connectivity index (χ2n) is 4.95. The van der Waals surface area contributed by atoms with Crippen LogP contribution in [0.15, 0.2) is 29.2 Å². The number of aliphatic hydroxyl groups excluding tert-OH is 1. The van der Waals surface area contributed by atoms with Crippen molar-refractivity contribution in [3.8, 4) is 0 Å². The molecule has 19 heavy (non-hydrogen) atoms. The van der Waals surface area contributed by atoms with Gasteiger partial charge in [-0.15, -0.1) is 0 Å². The zero-order valence-corrected chi connectivity index (χ0v) is 11.6. The number of aliphatic hydroxyl groups is 1. The van der Waals surface area contributed by atoms with Crippen molar-refractivity contribution in [3.63, 3.8) is 0 Å². The average Bonchev–Trinajstić information content (AvgIpc) is 2.77. The summed E-state index contributed by atoms with van der Waals surface area (Å²) in [4.78, 5) is -0.0232. The maximum atomic E-state index is 13.2. The Morgan fingerprint density at radius 2 is 2.26 bits per heavy atom. The van der Waals surface area contributed by atoms with Crippen molar-refractivity contribution in [2.75, 3.05) is 6.54 Å². The first kappa shape index (κ1) is 14.4. The van der Waals surface area contributed by atoms with Gasteiger partial charge in [-0.1, -0.05) is 6.07 Å². The highest BCUT2D eigenvalue weighted by molar-refractivity contribution is 7.89. The first-order valence-corrected chi connectivity index (χ1v) is 7.81.